The van der Waals surface area contributed by atoms with Crippen molar-refractivity contribution in [3.8, 4) is 5.88 Å². The molecule has 10 heteroatoms. The summed E-state index contributed by atoms with van der Waals surface area (Å²) in [6.07, 6.45) is 5.61. The normalized spacial score (nSPS) is 19.4. The van der Waals surface area contributed by atoms with Gasteiger partial charge in [0.05, 0.1) is 19.9 Å². The number of anilines is 1. The van der Waals surface area contributed by atoms with Gasteiger partial charge in [-0.15, -0.1) is 0 Å². The second-order valence-corrected chi connectivity index (χ2v) is 9.37. The molecule has 0 radical (unpaired) electrons. The van der Waals surface area contributed by atoms with Gasteiger partial charge in [-0.3, -0.25) is 4.79 Å². The van der Waals surface area contributed by atoms with Gasteiger partial charge in [0.2, 0.25) is 0 Å². The van der Waals surface area contributed by atoms with Gasteiger partial charge in [-0.2, -0.15) is 0 Å². The summed E-state index contributed by atoms with van der Waals surface area (Å²) in [4.78, 5) is 35.4. The molecular weight excluding hydrogens is 434 g/mol. The molecule has 1 aromatic heterocycles. The lowest BCUT2D eigenvalue weighted by molar-refractivity contribution is -0.143. The molecule has 1 saturated heterocycles. The minimum Gasteiger partial charge on any atom is -0.475 e. The van der Waals surface area contributed by atoms with E-state index in [1.54, 1.807) is 4.90 Å². The maximum absolute atomic E-state index is 13.6. The zero-order valence-corrected chi connectivity index (χ0v) is 19.6. The number of rotatable bonds is 9. The van der Waals surface area contributed by atoms with Gasteiger partial charge >= 0.3 is 5.97 Å². The van der Waals surface area contributed by atoms with E-state index in [0.29, 0.717) is 24.8 Å². The number of nitrogens with zero attached hydrogens (tertiary/aromatic N) is 3. The van der Waals surface area contributed by atoms with Crippen LogP contribution >= 0.6 is 0 Å². The van der Waals surface area contributed by atoms with Crippen LogP contribution < -0.4 is 15.0 Å². The first kappa shape index (κ1) is 25.1. The van der Waals surface area contributed by atoms with Crippen molar-refractivity contribution in [2.45, 2.75) is 70.8 Å². The number of amides is 1. The van der Waals surface area contributed by atoms with Crippen LogP contribution in [0.1, 0.15) is 69.3 Å². The Morgan fingerprint density at radius 1 is 1.24 bits per heavy atom. The minimum atomic E-state index is -2.69. The number of carbonyl (C=O) groups is 2. The number of halogens is 2. The Morgan fingerprint density at radius 2 is 1.91 bits per heavy atom. The molecule has 8 nitrogen and oxygen atoms in total. The van der Waals surface area contributed by atoms with Gasteiger partial charge in [0.1, 0.15) is 6.04 Å². The van der Waals surface area contributed by atoms with Gasteiger partial charge in [-0.05, 0) is 31.1 Å². The Kier molecular flexibility index (Phi) is 8.42. The summed E-state index contributed by atoms with van der Waals surface area (Å²) < 4.78 is 38.1. The van der Waals surface area contributed by atoms with Crippen LogP contribution in [0.2, 0.25) is 0 Å². The maximum Gasteiger partial charge on any atom is 0.328 e. The number of aromatic nitrogens is 2. The predicted molar refractivity (Wildman–Crippen MR) is 119 cm³/mol. The number of alkyl halides is 2. The fraction of sp³-hybridized carbons (Fsp3) is 0.739. The van der Waals surface area contributed by atoms with Gasteiger partial charge in [0.25, 0.3) is 17.7 Å². The lowest BCUT2D eigenvalue weighted by atomic mass is 10.0. The smallest absolute Gasteiger partial charge is 0.328 e. The van der Waals surface area contributed by atoms with Crippen LogP contribution in [0.5, 0.6) is 5.88 Å². The van der Waals surface area contributed by atoms with E-state index in [1.807, 2.05) is 13.8 Å². The third-order valence-electron chi connectivity index (χ3n) is 6.18. The Labute approximate surface area is 193 Å². The van der Waals surface area contributed by atoms with E-state index in [9.17, 15) is 18.4 Å². The van der Waals surface area contributed by atoms with Crippen LogP contribution in [0.3, 0.4) is 0 Å². The monoisotopic (exact) mass is 468 g/mol. The molecule has 0 bridgehead atoms. The van der Waals surface area contributed by atoms with E-state index >= 15 is 0 Å². The molecule has 2 fully saturated rings. The fourth-order valence-corrected chi connectivity index (χ4v) is 4.27. The first-order valence-corrected chi connectivity index (χ1v) is 11.7. The Hall–Kier alpha value is -2.52. The number of carbonyl (C=O) groups excluding carboxylic acids is 2. The molecule has 1 aliphatic heterocycles. The molecule has 2 aliphatic rings. The first-order chi connectivity index (χ1) is 15.7. The van der Waals surface area contributed by atoms with E-state index in [-0.39, 0.29) is 43.4 Å². The quantitative estimate of drug-likeness (QED) is 0.554. The molecule has 1 N–H and O–H groups in total. The number of nitrogens with one attached hydrogen (secondary N) is 1. The minimum absolute atomic E-state index is 0.000158. The number of esters is 1. The summed E-state index contributed by atoms with van der Waals surface area (Å²) in [6, 6.07) is -0.809. The number of hydrogen-bond acceptors (Lipinski definition) is 7. The van der Waals surface area contributed by atoms with Crippen LogP contribution in [-0.4, -0.2) is 60.6 Å². The molecule has 0 aromatic carbocycles. The highest BCUT2D eigenvalue weighted by Gasteiger charge is 2.36. The summed E-state index contributed by atoms with van der Waals surface area (Å²) >= 11 is 0. The maximum atomic E-state index is 13.6. The van der Waals surface area contributed by atoms with Gasteiger partial charge < -0.3 is 19.7 Å². The standard InChI is InChI=1S/C23H34F2N4O4/c1-15(2)12-17(22(31)32-3)27-20(30)18-13-26-19(29-10-8-23(24,25)9-11-29)21(28-18)33-14-16-6-4-5-7-16/h13,15-17H,4-12,14H2,1-3H3,(H,27,30). The summed E-state index contributed by atoms with van der Waals surface area (Å²) in [5.41, 5.74) is 0.000158. The van der Waals surface area contributed by atoms with Crippen LogP contribution in [0.25, 0.3) is 0 Å². The van der Waals surface area contributed by atoms with Crippen molar-refractivity contribution >= 4 is 17.7 Å². The van der Waals surface area contributed by atoms with Crippen LogP contribution in [-0.2, 0) is 9.53 Å². The van der Waals surface area contributed by atoms with E-state index in [1.165, 1.54) is 13.3 Å². The SMILES string of the molecule is COC(=O)C(CC(C)C)NC(=O)c1cnc(N2CCC(F)(F)CC2)c(OCC2CCCC2)n1. The van der Waals surface area contributed by atoms with E-state index in [4.69, 9.17) is 9.47 Å². The summed E-state index contributed by atoms with van der Waals surface area (Å²) in [6.45, 7) is 4.58. The summed E-state index contributed by atoms with van der Waals surface area (Å²) in [5.74, 6) is -2.70. The highest BCUT2D eigenvalue weighted by Crippen LogP contribution is 2.34. The van der Waals surface area contributed by atoms with Crippen molar-refractivity contribution in [3.63, 3.8) is 0 Å². The van der Waals surface area contributed by atoms with Gasteiger partial charge in [-0.1, -0.05) is 26.7 Å². The number of methoxy groups -OCH3 is 1. The zero-order valence-electron chi connectivity index (χ0n) is 19.6. The topological polar surface area (TPSA) is 93.6 Å². The Bertz CT molecular complexity index is 821. The molecule has 1 aliphatic carbocycles. The van der Waals surface area contributed by atoms with Gasteiger partial charge in [-0.25, -0.2) is 23.5 Å². The van der Waals surface area contributed by atoms with Crippen molar-refractivity contribution in [3.05, 3.63) is 11.9 Å². The second-order valence-electron chi connectivity index (χ2n) is 9.37. The van der Waals surface area contributed by atoms with Crippen molar-refractivity contribution in [1.82, 2.24) is 15.3 Å². The van der Waals surface area contributed by atoms with Crippen LogP contribution in [0.15, 0.2) is 6.20 Å². The Morgan fingerprint density at radius 3 is 2.52 bits per heavy atom. The van der Waals surface area contributed by atoms with Crippen molar-refractivity contribution in [2.24, 2.45) is 11.8 Å². The highest BCUT2D eigenvalue weighted by atomic mass is 19.3. The third-order valence-corrected chi connectivity index (χ3v) is 6.18. The molecule has 1 amide bonds. The van der Waals surface area contributed by atoms with Crippen molar-refractivity contribution < 1.29 is 27.8 Å². The molecule has 184 valence electrons. The molecule has 0 spiro atoms. The largest absolute Gasteiger partial charge is 0.475 e. The second kappa shape index (κ2) is 11.1. The molecule has 33 heavy (non-hydrogen) atoms. The molecule has 2 heterocycles. The number of hydrogen-bond donors (Lipinski definition) is 1. The van der Waals surface area contributed by atoms with Gasteiger partial charge in [0.15, 0.2) is 11.5 Å². The van der Waals surface area contributed by atoms with E-state index < -0.39 is 23.8 Å². The predicted octanol–water partition coefficient (Wildman–Crippen LogP) is 3.60. The van der Waals surface area contributed by atoms with Crippen LogP contribution in [0, 0.1) is 11.8 Å². The molecule has 3 rings (SSSR count). The molecule has 1 unspecified atom stereocenters. The first-order valence-electron chi connectivity index (χ1n) is 11.7. The molecular formula is C23H34F2N4O4. The fourth-order valence-electron chi connectivity index (χ4n) is 4.27. The lowest BCUT2D eigenvalue weighted by Crippen LogP contribution is -2.43. The van der Waals surface area contributed by atoms with E-state index in [0.717, 1.165) is 25.7 Å². The van der Waals surface area contributed by atoms with E-state index in [2.05, 4.69) is 15.3 Å². The average molecular weight is 469 g/mol. The lowest BCUT2D eigenvalue weighted by Gasteiger charge is -2.33. The summed E-state index contributed by atoms with van der Waals surface area (Å²) in [7, 11) is 1.27. The highest BCUT2D eigenvalue weighted by molar-refractivity contribution is 5.95. The average Bonchev–Trinajstić information content (AvgIpc) is 3.30. The Balaban J connectivity index is 1.79. The molecule has 1 saturated carbocycles. The number of piperidine rings is 1. The van der Waals surface area contributed by atoms with Crippen LogP contribution in [0.4, 0.5) is 14.6 Å². The van der Waals surface area contributed by atoms with Crippen molar-refractivity contribution in [1.29, 1.82) is 0 Å². The third kappa shape index (κ3) is 6.98. The van der Waals surface area contributed by atoms with Crippen molar-refractivity contribution in [2.75, 3.05) is 31.7 Å². The molecule has 1 aromatic rings. The number of ether oxygens (including phenoxy) is 2. The summed E-state index contributed by atoms with van der Waals surface area (Å²) in [5, 5.41) is 2.67. The zero-order chi connectivity index (χ0) is 24.0. The van der Waals surface area contributed by atoms with Gasteiger partial charge in [0, 0.05) is 25.9 Å². The molecule has 1 atom stereocenters.